The maximum Gasteiger partial charge on any atom is 0.124 e. The molecular formula is C22H32N4O. The Kier molecular flexibility index (Phi) is 6.53. The van der Waals surface area contributed by atoms with Crippen molar-refractivity contribution in [1.29, 1.82) is 0 Å². The van der Waals surface area contributed by atoms with Crippen molar-refractivity contribution in [2.24, 2.45) is 5.92 Å². The molecule has 0 amide bonds. The first-order valence-corrected chi connectivity index (χ1v) is 10.6. The number of aromatic nitrogens is 2. The Morgan fingerprint density at radius 3 is 2.78 bits per heavy atom. The van der Waals surface area contributed by atoms with Crippen molar-refractivity contribution in [2.75, 3.05) is 19.6 Å². The van der Waals surface area contributed by atoms with Crippen LogP contribution in [0.25, 0.3) is 0 Å². The summed E-state index contributed by atoms with van der Waals surface area (Å²) in [6.45, 7) is 5.43. The highest BCUT2D eigenvalue weighted by Gasteiger charge is 2.28. The van der Waals surface area contributed by atoms with Crippen molar-refractivity contribution in [1.82, 2.24) is 19.9 Å². The topological polar surface area (TPSA) is 45.4 Å². The van der Waals surface area contributed by atoms with E-state index >= 15 is 0 Å². The van der Waals surface area contributed by atoms with E-state index in [1.165, 1.54) is 63.6 Å². The summed E-state index contributed by atoms with van der Waals surface area (Å²) in [5.74, 6) is 0.740. The average molecular weight is 369 g/mol. The van der Waals surface area contributed by atoms with Crippen LogP contribution in [0, 0.1) is 5.92 Å². The van der Waals surface area contributed by atoms with E-state index in [1.807, 2.05) is 24.5 Å². The molecule has 1 saturated heterocycles. The Bertz CT molecular complexity index is 654. The van der Waals surface area contributed by atoms with E-state index in [4.69, 9.17) is 4.52 Å². The van der Waals surface area contributed by atoms with Gasteiger partial charge in [0.25, 0.3) is 0 Å². The van der Waals surface area contributed by atoms with Crippen LogP contribution in [0.2, 0.25) is 0 Å². The van der Waals surface area contributed by atoms with Crippen molar-refractivity contribution in [3.63, 3.8) is 0 Å². The average Bonchev–Trinajstić information content (AvgIpc) is 3.23. The highest BCUT2D eigenvalue weighted by atomic mass is 16.5. The smallest absolute Gasteiger partial charge is 0.124 e. The molecule has 1 aliphatic carbocycles. The molecule has 1 atom stereocenters. The summed E-state index contributed by atoms with van der Waals surface area (Å²) in [5.41, 5.74) is 2.28. The lowest BCUT2D eigenvalue weighted by Gasteiger charge is -2.41. The summed E-state index contributed by atoms with van der Waals surface area (Å²) < 4.78 is 5.05. The fourth-order valence-electron chi connectivity index (χ4n) is 4.87. The first kappa shape index (κ1) is 18.6. The van der Waals surface area contributed by atoms with Gasteiger partial charge in [-0.25, -0.2) is 0 Å². The number of rotatable bonds is 7. The number of piperidine rings is 1. The SMILES string of the molecule is c1cncc(CN(Cc2ccon2)C[C@@H]2CCCN(C3CCCCC3)C2)c1. The van der Waals surface area contributed by atoms with Gasteiger partial charge in [-0.1, -0.05) is 30.5 Å². The van der Waals surface area contributed by atoms with Gasteiger partial charge in [-0.2, -0.15) is 0 Å². The van der Waals surface area contributed by atoms with E-state index in [0.717, 1.165) is 37.3 Å². The van der Waals surface area contributed by atoms with Gasteiger partial charge in [0.2, 0.25) is 0 Å². The van der Waals surface area contributed by atoms with Gasteiger partial charge in [-0.15, -0.1) is 0 Å². The van der Waals surface area contributed by atoms with Gasteiger partial charge in [0, 0.05) is 50.7 Å². The summed E-state index contributed by atoms with van der Waals surface area (Å²) in [4.78, 5) is 9.60. The Morgan fingerprint density at radius 2 is 2.00 bits per heavy atom. The largest absolute Gasteiger partial charge is 0.364 e. The highest BCUT2D eigenvalue weighted by Crippen LogP contribution is 2.28. The molecule has 0 unspecified atom stereocenters. The minimum Gasteiger partial charge on any atom is -0.364 e. The predicted molar refractivity (Wildman–Crippen MR) is 106 cm³/mol. The van der Waals surface area contributed by atoms with Gasteiger partial charge in [0.1, 0.15) is 6.26 Å². The van der Waals surface area contributed by atoms with Crippen molar-refractivity contribution < 1.29 is 4.52 Å². The molecule has 2 aromatic rings. The molecule has 146 valence electrons. The summed E-state index contributed by atoms with van der Waals surface area (Å²) in [7, 11) is 0. The normalized spacial score (nSPS) is 22.3. The zero-order chi connectivity index (χ0) is 18.3. The van der Waals surface area contributed by atoms with E-state index in [1.54, 1.807) is 6.26 Å². The van der Waals surface area contributed by atoms with Crippen LogP contribution >= 0.6 is 0 Å². The molecule has 0 aromatic carbocycles. The van der Waals surface area contributed by atoms with Crippen LogP contribution in [0.5, 0.6) is 0 Å². The van der Waals surface area contributed by atoms with Crippen LogP contribution in [0.4, 0.5) is 0 Å². The Morgan fingerprint density at radius 1 is 1.07 bits per heavy atom. The minimum absolute atomic E-state index is 0.740. The Hall–Kier alpha value is -1.72. The standard InChI is InChI=1S/C22H32N4O/c1-2-8-22(9-3-1)26-12-5-7-20(17-26)16-25(18-21-10-13-27-24-21)15-19-6-4-11-23-14-19/h4,6,10-11,13-14,20,22H,1-3,5,7-9,12,15-18H2/t20-/m0/s1. The lowest BCUT2D eigenvalue weighted by molar-refractivity contribution is 0.0766. The van der Waals surface area contributed by atoms with E-state index in [-0.39, 0.29) is 0 Å². The molecule has 2 aliphatic rings. The van der Waals surface area contributed by atoms with Gasteiger partial charge < -0.3 is 9.42 Å². The lowest BCUT2D eigenvalue weighted by atomic mass is 9.90. The number of pyridine rings is 1. The molecule has 4 rings (SSSR count). The minimum atomic E-state index is 0.740. The molecule has 1 aliphatic heterocycles. The van der Waals surface area contributed by atoms with Gasteiger partial charge >= 0.3 is 0 Å². The van der Waals surface area contributed by atoms with E-state index < -0.39 is 0 Å². The number of nitrogens with zero attached hydrogens (tertiary/aromatic N) is 4. The molecule has 0 bridgehead atoms. The third kappa shape index (κ3) is 5.39. The molecule has 0 spiro atoms. The first-order chi connectivity index (χ1) is 13.4. The summed E-state index contributed by atoms with van der Waals surface area (Å²) >= 11 is 0. The Labute approximate surface area is 162 Å². The maximum absolute atomic E-state index is 5.05. The van der Waals surface area contributed by atoms with Crippen LogP contribution in [0.1, 0.15) is 56.2 Å². The highest BCUT2D eigenvalue weighted by molar-refractivity contribution is 5.08. The maximum atomic E-state index is 5.05. The van der Waals surface area contributed by atoms with Gasteiger partial charge in [-0.05, 0) is 49.8 Å². The lowest BCUT2D eigenvalue weighted by Crippen LogP contribution is -2.46. The molecule has 2 aromatic heterocycles. The number of likely N-dealkylation sites (tertiary alicyclic amines) is 1. The van der Waals surface area contributed by atoms with Crippen LogP contribution in [0.15, 0.2) is 41.4 Å². The predicted octanol–water partition coefficient (Wildman–Crippen LogP) is 4.12. The molecule has 3 heterocycles. The first-order valence-electron chi connectivity index (χ1n) is 10.6. The van der Waals surface area contributed by atoms with E-state index in [2.05, 4.69) is 26.0 Å². The number of hydrogen-bond donors (Lipinski definition) is 0. The van der Waals surface area contributed by atoms with Gasteiger partial charge in [-0.3, -0.25) is 9.88 Å². The second-order valence-corrected chi connectivity index (χ2v) is 8.32. The van der Waals surface area contributed by atoms with Crippen LogP contribution in [-0.2, 0) is 13.1 Å². The zero-order valence-electron chi connectivity index (χ0n) is 16.3. The summed E-state index contributed by atoms with van der Waals surface area (Å²) in [5, 5.41) is 4.14. The van der Waals surface area contributed by atoms with Crippen LogP contribution in [-0.4, -0.2) is 45.6 Å². The number of hydrogen-bond acceptors (Lipinski definition) is 5. The molecule has 2 fully saturated rings. The van der Waals surface area contributed by atoms with Crippen LogP contribution < -0.4 is 0 Å². The summed E-state index contributed by atoms with van der Waals surface area (Å²) in [6.07, 6.45) is 15.3. The quantitative estimate of drug-likeness (QED) is 0.736. The molecular weight excluding hydrogens is 336 g/mol. The van der Waals surface area contributed by atoms with Crippen molar-refractivity contribution >= 4 is 0 Å². The summed E-state index contributed by atoms with van der Waals surface area (Å²) in [6, 6.07) is 7.00. The fraction of sp³-hybridized carbons (Fsp3) is 0.636. The second-order valence-electron chi connectivity index (χ2n) is 8.32. The molecule has 0 radical (unpaired) electrons. The Balaban J connectivity index is 1.38. The molecule has 1 saturated carbocycles. The third-order valence-electron chi connectivity index (χ3n) is 6.16. The van der Waals surface area contributed by atoms with Crippen molar-refractivity contribution in [2.45, 2.75) is 64.1 Å². The van der Waals surface area contributed by atoms with Crippen LogP contribution in [0.3, 0.4) is 0 Å². The second kappa shape index (κ2) is 9.47. The monoisotopic (exact) mass is 368 g/mol. The third-order valence-corrected chi connectivity index (χ3v) is 6.16. The molecule has 27 heavy (non-hydrogen) atoms. The molecule has 5 heteroatoms. The zero-order valence-corrected chi connectivity index (χ0v) is 16.3. The molecule has 5 nitrogen and oxygen atoms in total. The van der Waals surface area contributed by atoms with E-state index in [0.29, 0.717) is 0 Å². The van der Waals surface area contributed by atoms with E-state index in [9.17, 15) is 0 Å². The van der Waals surface area contributed by atoms with Crippen molar-refractivity contribution in [3.05, 3.63) is 48.1 Å². The molecule has 0 N–H and O–H groups in total. The van der Waals surface area contributed by atoms with Gasteiger partial charge in [0.05, 0.1) is 5.69 Å². The van der Waals surface area contributed by atoms with Crippen molar-refractivity contribution in [3.8, 4) is 0 Å². The fourth-order valence-corrected chi connectivity index (χ4v) is 4.87. The van der Waals surface area contributed by atoms with Gasteiger partial charge in [0.15, 0.2) is 0 Å².